The van der Waals surface area contributed by atoms with Gasteiger partial charge < -0.3 is 5.32 Å². The standard InChI is InChI=1S/C4H8N2.Sn/c1-2-5-4-6-3-1;/h1-2,5-6H,3-4H2;. The van der Waals surface area contributed by atoms with Crippen LogP contribution < -0.4 is 10.6 Å². The second-order valence-electron chi connectivity index (χ2n) is 1.24. The van der Waals surface area contributed by atoms with E-state index in [2.05, 4.69) is 10.6 Å². The number of hydrogen-bond acceptors (Lipinski definition) is 2. The maximum absolute atomic E-state index is 3.09. The summed E-state index contributed by atoms with van der Waals surface area (Å²) >= 11 is 0. The van der Waals surface area contributed by atoms with E-state index < -0.39 is 0 Å². The van der Waals surface area contributed by atoms with E-state index in [1.54, 1.807) is 0 Å². The minimum Gasteiger partial charge on any atom is -0.379 e. The zero-order valence-corrected chi connectivity index (χ0v) is 6.92. The number of rotatable bonds is 0. The Morgan fingerprint density at radius 2 is 2.29 bits per heavy atom. The summed E-state index contributed by atoms with van der Waals surface area (Å²) in [5.74, 6) is 0. The predicted molar refractivity (Wildman–Crippen MR) is 30.9 cm³/mol. The van der Waals surface area contributed by atoms with Gasteiger partial charge in [0.25, 0.3) is 0 Å². The minimum atomic E-state index is 0. The van der Waals surface area contributed by atoms with E-state index in [1.807, 2.05) is 12.3 Å². The topological polar surface area (TPSA) is 24.1 Å². The Morgan fingerprint density at radius 1 is 1.43 bits per heavy atom. The summed E-state index contributed by atoms with van der Waals surface area (Å²) in [6, 6.07) is 0. The fourth-order valence-corrected chi connectivity index (χ4v) is 0.429. The van der Waals surface area contributed by atoms with Crippen LogP contribution in [0.3, 0.4) is 0 Å². The maximum atomic E-state index is 3.09. The van der Waals surface area contributed by atoms with Crippen molar-refractivity contribution in [1.82, 2.24) is 10.6 Å². The second kappa shape index (κ2) is 4.46. The van der Waals surface area contributed by atoms with Crippen LogP contribution in [0, 0.1) is 0 Å². The van der Waals surface area contributed by atoms with Crippen LogP contribution >= 0.6 is 0 Å². The zero-order valence-electron chi connectivity index (χ0n) is 4.07. The van der Waals surface area contributed by atoms with Crippen LogP contribution in [-0.4, -0.2) is 37.1 Å². The van der Waals surface area contributed by atoms with E-state index in [-0.39, 0.29) is 23.9 Å². The van der Waals surface area contributed by atoms with Crippen molar-refractivity contribution in [3.05, 3.63) is 12.3 Å². The molecule has 0 unspecified atom stereocenters. The van der Waals surface area contributed by atoms with E-state index in [1.165, 1.54) is 0 Å². The molecular weight excluding hydrogens is 195 g/mol. The van der Waals surface area contributed by atoms with Gasteiger partial charge in [-0.3, -0.25) is 5.32 Å². The number of hydrogen-bond donors (Lipinski definition) is 2. The molecule has 38 valence electrons. The van der Waals surface area contributed by atoms with Crippen molar-refractivity contribution in [2.24, 2.45) is 0 Å². The molecule has 0 bridgehead atoms. The third kappa shape index (κ3) is 2.93. The summed E-state index contributed by atoms with van der Waals surface area (Å²) in [7, 11) is 0. The van der Waals surface area contributed by atoms with Gasteiger partial charge in [-0.1, -0.05) is 6.08 Å². The molecule has 1 rings (SSSR count). The first-order chi connectivity index (χ1) is 3.00. The maximum Gasteiger partial charge on any atom is 0.0650 e. The molecule has 0 amide bonds. The molecule has 0 aromatic carbocycles. The molecule has 3 heteroatoms. The molecule has 0 atom stereocenters. The summed E-state index contributed by atoms with van der Waals surface area (Å²) in [6.45, 7) is 1.92. The van der Waals surface area contributed by atoms with Crippen LogP contribution in [0.5, 0.6) is 0 Å². The van der Waals surface area contributed by atoms with Gasteiger partial charge in [0.15, 0.2) is 0 Å². The van der Waals surface area contributed by atoms with Gasteiger partial charge in [-0.05, 0) is 6.20 Å². The third-order valence-electron chi connectivity index (χ3n) is 0.725. The first kappa shape index (κ1) is 7.30. The van der Waals surface area contributed by atoms with Crippen LogP contribution in [0.1, 0.15) is 0 Å². The van der Waals surface area contributed by atoms with Gasteiger partial charge in [0.1, 0.15) is 0 Å². The quantitative estimate of drug-likeness (QED) is 0.507. The first-order valence-corrected chi connectivity index (χ1v) is 2.09. The van der Waals surface area contributed by atoms with Gasteiger partial charge in [0, 0.05) is 30.5 Å². The predicted octanol–water partition coefficient (Wildman–Crippen LogP) is -0.730. The summed E-state index contributed by atoms with van der Waals surface area (Å²) in [4.78, 5) is 0. The average Bonchev–Trinajstić information content (AvgIpc) is 1.72. The van der Waals surface area contributed by atoms with Gasteiger partial charge in [0.05, 0.1) is 6.67 Å². The molecule has 0 aliphatic carbocycles. The van der Waals surface area contributed by atoms with E-state index in [0.717, 1.165) is 13.2 Å². The van der Waals surface area contributed by atoms with Crippen molar-refractivity contribution >= 4 is 23.9 Å². The Balaban J connectivity index is 0.000000360. The smallest absolute Gasteiger partial charge is 0.0650 e. The monoisotopic (exact) mass is 204 g/mol. The van der Waals surface area contributed by atoms with E-state index in [0.29, 0.717) is 0 Å². The zero-order chi connectivity index (χ0) is 4.24. The molecule has 2 N–H and O–H groups in total. The average molecular weight is 203 g/mol. The minimum absolute atomic E-state index is 0. The second-order valence-corrected chi connectivity index (χ2v) is 1.24. The van der Waals surface area contributed by atoms with Crippen molar-refractivity contribution < 1.29 is 0 Å². The Kier molecular flexibility index (Phi) is 4.65. The van der Waals surface area contributed by atoms with Gasteiger partial charge in [0.2, 0.25) is 0 Å². The normalized spacial score (nSPS) is 17.1. The van der Waals surface area contributed by atoms with Crippen LogP contribution in [0.25, 0.3) is 0 Å². The molecule has 4 radical (unpaired) electrons. The fraction of sp³-hybridized carbons (Fsp3) is 0.500. The van der Waals surface area contributed by atoms with Crippen molar-refractivity contribution in [2.45, 2.75) is 0 Å². The molecule has 0 fully saturated rings. The summed E-state index contributed by atoms with van der Waals surface area (Å²) in [5, 5.41) is 6.08. The Hall–Kier alpha value is 0.299. The van der Waals surface area contributed by atoms with Crippen LogP contribution in [-0.2, 0) is 0 Å². The van der Waals surface area contributed by atoms with E-state index >= 15 is 0 Å². The van der Waals surface area contributed by atoms with E-state index in [4.69, 9.17) is 0 Å². The molecular formula is C4H8N2Sn. The Labute approximate surface area is 60.3 Å². The molecule has 0 saturated heterocycles. The molecule has 7 heavy (non-hydrogen) atoms. The molecule has 0 spiro atoms. The molecule has 1 aliphatic heterocycles. The van der Waals surface area contributed by atoms with Crippen molar-refractivity contribution in [3.63, 3.8) is 0 Å². The Morgan fingerprint density at radius 3 is 2.43 bits per heavy atom. The van der Waals surface area contributed by atoms with Gasteiger partial charge >= 0.3 is 0 Å². The van der Waals surface area contributed by atoms with Gasteiger partial charge in [-0.15, -0.1) is 0 Å². The molecule has 1 heterocycles. The first-order valence-electron chi connectivity index (χ1n) is 2.09. The summed E-state index contributed by atoms with van der Waals surface area (Å²) in [6.07, 6.45) is 4.00. The van der Waals surface area contributed by atoms with Gasteiger partial charge in [-0.2, -0.15) is 0 Å². The van der Waals surface area contributed by atoms with E-state index in [9.17, 15) is 0 Å². The van der Waals surface area contributed by atoms with Crippen molar-refractivity contribution in [3.8, 4) is 0 Å². The van der Waals surface area contributed by atoms with Crippen LogP contribution in [0.15, 0.2) is 12.3 Å². The molecule has 0 saturated carbocycles. The molecule has 0 aromatic heterocycles. The van der Waals surface area contributed by atoms with Gasteiger partial charge in [-0.25, -0.2) is 0 Å². The Bertz CT molecular complexity index is 54.7. The SMILES string of the molecule is C1=CNCNC1.[Sn]. The molecule has 0 aromatic rings. The van der Waals surface area contributed by atoms with Crippen molar-refractivity contribution in [2.75, 3.05) is 13.2 Å². The number of nitrogens with one attached hydrogen (secondary N) is 2. The summed E-state index contributed by atoms with van der Waals surface area (Å²) < 4.78 is 0. The summed E-state index contributed by atoms with van der Waals surface area (Å²) in [5.41, 5.74) is 0. The fourth-order valence-electron chi connectivity index (χ4n) is 0.429. The largest absolute Gasteiger partial charge is 0.379 e. The van der Waals surface area contributed by atoms with Crippen LogP contribution in [0.2, 0.25) is 0 Å². The van der Waals surface area contributed by atoms with Crippen LogP contribution in [0.4, 0.5) is 0 Å². The third-order valence-corrected chi connectivity index (χ3v) is 0.725. The molecule has 1 aliphatic rings. The van der Waals surface area contributed by atoms with Crippen molar-refractivity contribution in [1.29, 1.82) is 0 Å². The molecule has 2 nitrogen and oxygen atoms in total.